The van der Waals surface area contributed by atoms with Crippen molar-refractivity contribution in [2.45, 2.75) is 19.4 Å². The third-order valence-electron chi connectivity index (χ3n) is 3.30. The van der Waals surface area contributed by atoms with Gasteiger partial charge in [0.2, 0.25) is 0 Å². The lowest BCUT2D eigenvalue weighted by atomic mass is 10.2. The molecule has 106 valence electrons. The van der Waals surface area contributed by atoms with E-state index in [0.29, 0.717) is 18.7 Å². The second kappa shape index (κ2) is 6.16. The lowest BCUT2D eigenvalue weighted by Crippen LogP contribution is -2.45. The van der Waals surface area contributed by atoms with Crippen LogP contribution in [0.2, 0.25) is 0 Å². The molecule has 1 saturated heterocycles. The molecule has 1 atom stereocenters. The molecule has 0 aliphatic carbocycles. The molecule has 1 aliphatic heterocycles. The van der Waals surface area contributed by atoms with E-state index < -0.39 is 0 Å². The molecule has 0 saturated carbocycles. The van der Waals surface area contributed by atoms with E-state index in [1.165, 1.54) is 0 Å². The number of ether oxygens (including phenoxy) is 1. The predicted molar refractivity (Wildman–Crippen MR) is 72.2 cm³/mol. The maximum atomic E-state index is 12.4. The zero-order chi connectivity index (χ0) is 13.8. The lowest BCUT2D eigenvalue weighted by Gasteiger charge is -2.28. The van der Waals surface area contributed by atoms with E-state index in [0.717, 1.165) is 25.2 Å². The van der Waals surface area contributed by atoms with E-state index in [4.69, 9.17) is 4.74 Å². The topological polar surface area (TPSA) is 59.4 Å². The van der Waals surface area contributed by atoms with Gasteiger partial charge in [-0.2, -0.15) is 5.10 Å². The highest BCUT2D eigenvalue weighted by atomic mass is 16.5. The fourth-order valence-corrected chi connectivity index (χ4v) is 2.31. The minimum Gasteiger partial charge on any atom is -0.374 e. The quantitative estimate of drug-likeness (QED) is 0.836. The number of hydrogen-bond donors (Lipinski definition) is 1. The molecular formula is C13H22N4O2. The van der Waals surface area contributed by atoms with Crippen molar-refractivity contribution in [1.29, 1.82) is 0 Å². The number of nitrogens with zero attached hydrogens (tertiary/aromatic N) is 3. The van der Waals surface area contributed by atoms with Crippen LogP contribution in [0.1, 0.15) is 23.0 Å². The molecule has 1 amide bonds. The van der Waals surface area contributed by atoms with Gasteiger partial charge in [0.05, 0.1) is 24.0 Å². The van der Waals surface area contributed by atoms with Gasteiger partial charge in [-0.3, -0.25) is 9.48 Å². The fraction of sp³-hybridized carbons (Fsp3) is 0.692. The first-order valence-electron chi connectivity index (χ1n) is 6.72. The van der Waals surface area contributed by atoms with Crippen LogP contribution in [0.5, 0.6) is 0 Å². The molecule has 0 spiro atoms. The van der Waals surface area contributed by atoms with Crippen LogP contribution in [0.3, 0.4) is 0 Å². The van der Waals surface area contributed by atoms with Crippen molar-refractivity contribution in [3.8, 4) is 0 Å². The first-order chi connectivity index (χ1) is 9.11. The van der Waals surface area contributed by atoms with Crippen LogP contribution in [0, 0.1) is 0 Å². The van der Waals surface area contributed by atoms with Crippen LogP contribution in [0.25, 0.3) is 0 Å². The average Bonchev–Trinajstić information content (AvgIpc) is 2.80. The Balaban J connectivity index is 2.01. The van der Waals surface area contributed by atoms with Gasteiger partial charge in [-0.15, -0.1) is 0 Å². The molecule has 0 aromatic carbocycles. The van der Waals surface area contributed by atoms with Gasteiger partial charge < -0.3 is 15.0 Å². The zero-order valence-corrected chi connectivity index (χ0v) is 11.8. The van der Waals surface area contributed by atoms with E-state index >= 15 is 0 Å². The Bertz CT molecular complexity index is 438. The van der Waals surface area contributed by atoms with Crippen LogP contribution >= 0.6 is 0 Å². The maximum absolute atomic E-state index is 12.4. The Morgan fingerprint density at radius 2 is 2.47 bits per heavy atom. The van der Waals surface area contributed by atoms with Gasteiger partial charge in [-0.1, -0.05) is 6.92 Å². The summed E-state index contributed by atoms with van der Waals surface area (Å²) in [6, 6.07) is 0. The summed E-state index contributed by atoms with van der Waals surface area (Å²) < 4.78 is 7.31. The zero-order valence-electron chi connectivity index (χ0n) is 11.8. The number of carbonyl (C=O) groups excluding carboxylic acids is 1. The van der Waals surface area contributed by atoms with Gasteiger partial charge in [0, 0.05) is 39.9 Å². The maximum Gasteiger partial charge on any atom is 0.257 e. The lowest BCUT2D eigenvalue weighted by molar-refractivity contribution is 0.0103. The summed E-state index contributed by atoms with van der Waals surface area (Å²) in [7, 11) is 3.65. The number of rotatable bonds is 4. The number of aryl methyl sites for hydroxylation is 2. The molecule has 0 bridgehead atoms. The van der Waals surface area contributed by atoms with Gasteiger partial charge in [0.25, 0.3) is 5.91 Å². The molecule has 2 heterocycles. The van der Waals surface area contributed by atoms with Crippen LogP contribution < -0.4 is 5.32 Å². The summed E-state index contributed by atoms with van der Waals surface area (Å²) >= 11 is 0. The first kappa shape index (κ1) is 14.0. The molecule has 2 rings (SSSR count). The molecule has 6 heteroatoms. The van der Waals surface area contributed by atoms with Crippen LogP contribution in [0.15, 0.2) is 6.20 Å². The minimum absolute atomic E-state index is 0.0131. The number of amides is 1. The van der Waals surface area contributed by atoms with E-state index in [9.17, 15) is 4.79 Å². The average molecular weight is 266 g/mol. The SMILES string of the molecule is CCc1nn(C)cc1C(=O)N(C)CC1CNCCO1. The summed E-state index contributed by atoms with van der Waals surface area (Å²) in [6.07, 6.45) is 2.62. The predicted octanol–water partition coefficient (Wildman–Crippen LogP) is 0.0429. The number of nitrogens with one attached hydrogen (secondary N) is 1. The van der Waals surface area contributed by atoms with Gasteiger partial charge in [0.1, 0.15) is 0 Å². The van der Waals surface area contributed by atoms with Gasteiger partial charge in [-0.25, -0.2) is 0 Å². The summed E-state index contributed by atoms with van der Waals surface area (Å²) in [5, 5.41) is 7.57. The Hall–Kier alpha value is -1.40. The second-order valence-corrected chi connectivity index (χ2v) is 4.90. The van der Waals surface area contributed by atoms with Crippen molar-refractivity contribution in [3.05, 3.63) is 17.5 Å². The van der Waals surface area contributed by atoms with Crippen LogP contribution in [-0.4, -0.2) is 60.0 Å². The van der Waals surface area contributed by atoms with Gasteiger partial charge >= 0.3 is 0 Å². The monoisotopic (exact) mass is 266 g/mol. The van der Waals surface area contributed by atoms with Crippen molar-refractivity contribution in [1.82, 2.24) is 20.0 Å². The molecule has 1 aliphatic rings. The molecule has 1 aromatic heterocycles. The molecule has 1 N–H and O–H groups in total. The summed E-state index contributed by atoms with van der Waals surface area (Å²) in [4.78, 5) is 14.1. The Labute approximate surface area is 113 Å². The largest absolute Gasteiger partial charge is 0.374 e. The third kappa shape index (κ3) is 3.33. The van der Waals surface area contributed by atoms with E-state index in [1.54, 1.807) is 15.8 Å². The molecule has 19 heavy (non-hydrogen) atoms. The van der Waals surface area contributed by atoms with E-state index in [2.05, 4.69) is 10.4 Å². The molecule has 1 aromatic rings. The Kier molecular flexibility index (Phi) is 4.55. The summed E-state index contributed by atoms with van der Waals surface area (Å²) in [5.74, 6) is 0.0131. The summed E-state index contributed by atoms with van der Waals surface area (Å²) in [5.41, 5.74) is 1.54. The highest BCUT2D eigenvalue weighted by Crippen LogP contribution is 2.11. The van der Waals surface area contributed by atoms with Gasteiger partial charge in [-0.05, 0) is 6.42 Å². The van der Waals surface area contributed by atoms with Gasteiger partial charge in [0.15, 0.2) is 0 Å². The van der Waals surface area contributed by atoms with Crippen molar-refractivity contribution in [3.63, 3.8) is 0 Å². The fourth-order valence-electron chi connectivity index (χ4n) is 2.31. The Morgan fingerprint density at radius 3 is 3.11 bits per heavy atom. The second-order valence-electron chi connectivity index (χ2n) is 4.90. The molecule has 1 fully saturated rings. The Morgan fingerprint density at radius 1 is 1.68 bits per heavy atom. The number of likely N-dealkylation sites (N-methyl/N-ethyl adjacent to an activating group) is 1. The standard InChI is InChI=1S/C13H22N4O2/c1-4-12-11(9-17(3)15-12)13(18)16(2)8-10-7-14-5-6-19-10/h9-10,14H,4-8H2,1-3H3. The van der Waals surface area contributed by atoms with E-state index in [1.807, 2.05) is 21.0 Å². The molecule has 1 unspecified atom stereocenters. The number of hydrogen-bond acceptors (Lipinski definition) is 4. The van der Waals surface area contributed by atoms with Crippen LogP contribution in [0.4, 0.5) is 0 Å². The van der Waals surface area contributed by atoms with Crippen molar-refractivity contribution in [2.24, 2.45) is 7.05 Å². The first-order valence-corrected chi connectivity index (χ1v) is 6.72. The molecule has 6 nitrogen and oxygen atoms in total. The van der Waals surface area contributed by atoms with Crippen molar-refractivity contribution < 1.29 is 9.53 Å². The van der Waals surface area contributed by atoms with Crippen molar-refractivity contribution in [2.75, 3.05) is 33.3 Å². The molecular weight excluding hydrogens is 244 g/mol. The number of aromatic nitrogens is 2. The smallest absolute Gasteiger partial charge is 0.257 e. The minimum atomic E-state index is 0.0131. The highest BCUT2D eigenvalue weighted by Gasteiger charge is 2.22. The van der Waals surface area contributed by atoms with E-state index in [-0.39, 0.29) is 12.0 Å². The molecule has 0 radical (unpaired) electrons. The summed E-state index contributed by atoms with van der Waals surface area (Å²) in [6.45, 7) is 5.00. The third-order valence-corrected chi connectivity index (χ3v) is 3.30. The number of morpholine rings is 1. The normalized spacial score (nSPS) is 19.4. The van der Waals surface area contributed by atoms with Crippen LogP contribution in [-0.2, 0) is 18.2 Å². The number of carbonyl (C=O) groups is 1. The van der Waals surface area contributed by atoms with Crippen molar-refractivity contribution >= 4 is 5.91 Å². The highest BCUT2D eigenvalue weighted by molar-refractivity contribution is 5.95.